The minimum atomic E-state index is -0.307. The molecule has 2 aromatic rings. The Morgan fingerprint density at radius 2 is 1.82 bits per heavy atom. The van der Waals surface area contributed by atoms with Crippen molar-refractivity contribution in [3.63, 3.8) is 0 Å². The topological polar surface area (TPSA) is 38.8 Å². The molecule has 1 heterocycles. The number of esters is 1. The predicted octanol–water partition coefficient (Wildman–Crippen LogP) is 3.76. The largest absolute Gasteiger partial charge is 0.462 e. The molecule has 1 fully saturated rings. The molecule has 4 nitrogen and oxygen atoms in total. The van der Waals surface area contributed by atoms with E-state index in [4.69, 9.17) is 9.47 Å². The first kappa shape index (κ1) is 19.9. The lowest BCUT2D eigenvalue weighted by atomic mass is 10.1. The van der Waals surface area contributed by atoms with Crippen LogP contribution in [0, 0.1) is 11.8 Å². The van der Waals surface area contributed by atoms with Gasteiger partial charge in [-0.05, 0) is 54.5 Å². The molecule has 2 aromatic carbocycles. The second-order valence-electron chi connectivity index (χ2n) is 6.53. The Labute approximate surface area is 166 Å². The van der Waals surface area contributed by atoms with Gasteiger partial charge in [0, 0.05) is 25.2 Å². The standard InChI is InChI=1S/C24H25NO3/c1-2-28-24(26)23-13-11-21(12-14-23)6-4-3-5-20-7-9-22(10-8-20)19-25-15-17-27-18-16-25/h3,5,7-14H,2,15-19H2,1H3. The number of hydrogen-bond donors (Lipinski definition) is 0. The Morgan fingerprint density at radius 3 is 2.50 bits per heavy atom. The molecule has 0 amide bonds. The van der Waals surface area contributed by atoms with E-state index in [9.17, 15) is 4.79 Å². The van der Waals surface area contributed by atoms with E-state index in [-0.39, 0.29) is 5.97 Å². The molecule has 0 aromatic heterocycles. The van der Waals surface area contributed by atoms with Gasteiger partial charge in [-0.25, -0.2) is 4.79 Å². The van der Waals surface area contributed by atoms with Gasteiger partial charge >= 0.3 is 5.97 Å². The summed E-state index contributed by atoms with van der Waals surface area (Å²) in [6, 6.07) is 15.7. The van der Waals surface area contributed by atoms with Gasteiger partial charge in [0.05, 0.1) is 25.4 Å². The van der Waals surface area contributed by atoms with Crippen molar-refractivity contribution in [3.05, 3.63) is 76.9 Å². The average Bonchev–Trinajstić information content (AvgIpc) is 2.74. The lowest BCUT2D eigenvalue weighted by Gasteiger charge is -2.26. The van der Waals surface area contributed by atoms with Crippen LogP contribution < -0.4 is 0 Å². The van der Waals surface area contributed by atoms with Gasteiger partial charge in [0.2, 0.25) is 0 Å². The van der Waals surface area contributed by atoms with E-state index in [1.807, 2.05) is 24.3 Å². The maximum absolute atomic E-state index is 11.6. The fourth-order valence-electron chi connectivity index (χ4n) is 2.92. The summed E-state index contributed by atoms with van der Waals surface area (Å²) in [4.78, 5) is 14.0. The van der Waals surface area contributed by atoms with E-state index in [2.05, 4.69) is 41.0 Å². The molecule has 144 valence electrons. The molecular formula is C24H25NO3. The summed E-state index contributed by atoms with van der Waals surface area (Å²) in [6.45, 7) is 6.78. The highest BCUT2D eigenvalue weighted by Crippen LogP contribution is 2.10. The van der Waals surface area contributed by atoms with Crippen molar-refractivity contribution in [2.75, 3.05) is 32.9 Å². The number of nitrogens with zero attached hydrogens (tertiary/aromatic N) is 1. The van der Waals surface area contributed by atoms with Crippen molar-refractivity contribution in [2.45, 2.75) is 13.5 Å². The maximum Gasteiger partial charge on any atom is 0.338 e. The molecule has 0 radical (unpaired) electrons. The molecule has 1 saturated heterocycles. The van der Waals surface area contributed by atoms with E-state index in [0.29, 0.717) is 12.2 Å². The number of allylic oxidation sites excluding steroid dienone is 1. The van der Waals surface area contributed by atoms with Crippen LogP contribution in [-0.4, -0.2) is 43.8 Å². The fraction of sp³-hybridized carbons (Fsp3) is 0.292. The van der Waals surface area contributed by atoms with Crippen LogP contribution in [0.5, 0.6) is 0 Å². The zero-order valence-corrected chi connectivity index (χ0v) is 16.2. The third-order valence-electron chi connectivity index (χ3n) is 4.46. The Bertz CT molecular complexity index is 851. The molecule has 28 heavy (non-hydrogen) atoms. The fourth-order valence-corrected chi connectivity index (χ4v) is 2.92. The highest BCUT2D eigenvalue weighted by Gasteiger charge is 2.10. The van der Waals surface area contributed by atoms with E-state index >= 15 is 0 Å². The SMILES string of the molecule is CCOC(=O)c1ccc(C#CC=Cc2ccc(CN3CCOCC3)cc2)cc1. The average molecular weight is 375 g/mol. The normalized spacial score (nSPS) is 14.5. The van der Waals surface area contributed by atoms with Crippen molar-refractivity contribution in [1.29, 1.82) is 0 Å². The van der Waals surface area contributed by atoms with Gasteiger partial charge in [0.1, 0.15) is 0 Å². The Balaban J connectivity index is 1.52. The molecule has 0 spiro atoms. The van der Waals surface area contributed by atoms with Crippen LogP contribution >= 0.6 is 0 Å². The zero-order chi connectivity index (χ0) is 19.6. The van der Waals surface area contributed by atoms with Crippen molar-refractivity contribution in [3.8, 4) is 11.8 Å². The molecule has 1 aliphatic rings. The molecule has 4 heteroatoms. The van der Waals surface area contributed by atoms with E-state index in [1.165, 1.54) is 5.56 Å². The second kappa shape index (κ2) is 10.5. The number of ether oxygens (including phenoxy) is 2. The first-order valence-electron chi connectivity index (χ1n) is 9.59. The van der Waals surface area contributed by atoms with E-state index < -0.39 is 0 Å². The molecule has 0 bridgehead atoms. The zero-order valence-electron chi connectivity index (χ0n) is 16.2. The number of benzene rings is 2. The van der Waals surface area contributed by atoms with Crippen LogP contribution in [0.4, 0.5) is 0 Å². The van der Waals surface area contributed by atoms with Crippen LogP contribution in [0.3, 0.4) is 0 Å². The van der Waals surface area contributed by atoms with Crippen LogP contribution in [0.25, 0.3) is 6.08 Å². The number of hydrogen-bond acceptors (Lipinski definition) is 4. The number of carbonyl (C=O) groups is 1. The molecule has 0 N–H and O–H groups in total. The molecule has 0 aliphatic carbocycles. The highest BCUT2D eigenvalue weighted by molar-refractivity contribution is 5.89. The minimum Gasteiger partial charge on any atom is -0.462 e. The molecular weight excluding hydrogens is 350 g/mol. The Kier molecular flexibility index (Phi) is 7.43. The summed E-state index contributed by atoms with van der Waals surface area (Å²) in [5, 5.41) is 0. The Morgan fingerprint density at radius 1 is 1.11 bits per heavy atom. The van der Waals surface area contributed by atoms with Crippen LogP contribution in [0.1, 0.15) is 34.0 Å². The predicted molar refractivity (Wildman–Crippen MR) is 111 cm³/mol. The molecule has 0 atom stereocenters. The minimum absolute atomic E-state index is 0.307. The molecule has 0 saturated carbocycles. The van der Waals surface area contributed by atoms with E-state index in [0.717, 1.165) is 44.0 Å². The van der Waals surface area contributed by atoms with Crippen LogP contribution in [-0.2, 0) is 16.0 Å². The van der Waals surface area contributed by atoms with Gasteiger partial charge in [-0.15, -0.1) is 0 Å². The smallest absolute Gasteiger partial charge is 0.338 e. The summed E-state index contributed by atoms with van der Waals surface area (Å²) >= 11 is 0. The third kappa shape index (κ3) is 6.09. The first-order chi connectivity index (χ1) is 13.7. The second-order valence-corrected chi connectivity index (χ2v) is 6.53. The number of carbonyl (C=O) groups excluding carboxylic acids is 1. The van der Waals surface area contributed by atoms with Gasteiger partial charge in [0.25, 0.3) is 0 Å². The third-order valence-corrected chi connectivity index (χ3v) is 4.46. The maximum atomic E-state index is 11.6. The molecule has 3 rings (SSSR count). The van der Waals surface area contributed by atoms with Gasteiger partial charge in [-0.3, -0.25) is 4.90 Å². The van der Waals surface area contributed by atoms with Gasteiger partial charge < -0.3 is 9.47 Å². The van der Waals surface area contributed by atoms with Crippen molar-refractivity contribution < 1.29 is 14.3 Å². The van der Waals surface area contributed by atoms with Crippen molar-refractivity contribution in [1.82, 2.24) is 4.90 Å². The van der Waals surface area contributed by atoms with Crippen molar-refractivity contribution >= 4 is 12.0 Å². The van der Waals surface area contributed by atoms with Gasteiger partial charge in [0.15, 0.2) is 0 Å². The van der Waals surface area contributed by atoms with Crippen molar-refractivity contribution in [2.24, 2.45) is 0 Å². The molecule has 1 aliphatic heterocycles. The summed E-state index contributed by atoms with van der Waals surface area (Å²) in [6.07, 6.45) is 3.84. The highest BCUT2D eigenvalue weighted by atomic mass is 16.5. The lowest BCUT2D eigenvalue weighted by molar-refractivity contribution is 0.0342. The molecule has 0 unspecified atom stereocenters. The summed E-state index contributed by atoms with van der Waals surface area (Å²) in [5.74, 6) is 5.80. The summed E-state index contributed by atoms with van der Waals surface area (Å²) in [7, 11) is 0. The first-order valence-corrected chi connectivity index (χ1v) is 9.59. The van der Waals surface area contributed by atoms with E-state index in [1.54, 1.807) is 19.1 Å². The van der Waals surface area contributed by atoms with Crippen LogP contribution in [0.2, 0.25) is 0 Å². The lowest BCUT2D eigenvalue weighted by Crippen LogP contribution is -2.35. The monoisotopic (exact) mass is 375 g/mol. The number of morpholine rings is 1. The Hall–Kier alpha value is -2.87. The number of rotatable bonds is 5. The quantitative estimate of drug-likeness (QED) is 0.589. The van der Waals surface area contributed by atoms with Gasteiger partial charge in [-0.2, -0.15) is 0 Å². The van der Waals surface area contributed by atoms with Gasteiger partial charge in [-0.1, -0.05) is 36.1 Å². The van der Waals surface area contributed by atoms with Crippen LogP contribution in [0.15, 0.2) is 54.6 Å². The summed E-state index contributed by atoms with van der Waals surface area (Å²) < 4.78 is 10.4. The summed E-state index contributed by atoms with van der Waals surface area (Å²) in [5.41, 5.74) is 3.84.